The van der Waals surface area contributed by atoms with E-state index in [1.807, 2.05) is 13.8 Å². The van der Waals surface area contributed by atoms with E-state index in [1.54, 1.807) is 6.92 Å². The number of hydrogen-bond acceptors (Lipinski definition) is 7. The third kappa shape index (κ3) is 5.87. The summed E-state index contributed by atoms with van der Waals surface area (Å²) in [6.07, 6.45) is 3.13. The maximum atomic E-state index is 13.6. The molecule has 1 saturated heterocycles. The van der Waals surface area contributed by atoms with Gasteiger partial charge in [-0.1, -0.05) is 27.7 Å². The highest BCUT2D eigenvalue weighted by Crippen LogP contribution is 2.35. The molecule has 1 aliphatic heterocycles. The van der Waals surface area contributed by atoms with Gasteiger partial charge in [0.1, 0.15) is 16.3 Å². The number of thiophene rings is 1. The predicted molar refractivity (Wildman–Crippen MR) is 136 cm³/mol. The van der Waals surface area contributed by atoms with Gasteiger partial charge in [-0.2, -0.15) is 4.31 Å². The summed E-state index contributed by atoms with van der Waals surface area (Å²) >= 11 is 1.20. The molecule has 1 amide bonds. The summed E-state index contributed by atoms with van der Waals surface area (Å²) in [7, 11) is -3.86. The van der Waals surface area contributed by atoms with Crippen molar-refractivity contribution in [3.8, 4) is 0 Å². The fraction of sp³-hybridized carbons (Fsp3) is 0.696. The Morgan fingerprint density at radius 3 is 2.50 bits per heavy atom. The Balaban J connectivity index is 1.82. The second-order valence-corrected chi connectivity index (χ2v) is 12.4. The van der Waals surface area contributed by atoms with Gasteiger partial charge >= 0.3 is 0 Å². The third-order valence-corrected chi connectivity index (χ3v) is 9.56. The molecular formula is C23H37N5O4S2. The minimum Gasteiger partial charge on any atom is -0.354 e. The lowest BCUT2D eigenvalue weighted by atomic mass is 9.94. The highest BCUT2D eigenvalue weighted by Gasteiger charge is 2.35. The molecule has 3 rings (SSSR count). The van der Waals surface area contributed by atoms with Crippen molar-refractivity contribution >= 4 is 37.5 Å². The molecule has 2 atom stereocenters. The van der Waals surface area contributed by atoms with Crippen molar-refractivity contribution in [3.05, 3.63) is 21.6 Å². The number of sulfonamides is 1. The molecule has 1 N–H and O–H groups in total. The van der Waals surface area contributed by atoms with Gasteiger partial charge in [0, 0.05) is 24.5 Å². The Hall–Kier alpha value is -1.82. The van der Waals surface area contributed by atoms with Crippen LogP contribution in [-0.2, 0) is 21.4 Å². The number of aromatic nitrogens is 2. The molecule has 2 aromatic heterocycles. The Morgan fingerprint density at radius 2 is 1.88 bits per heavy atom. The zero-order chi connectivity index (χ0) is 25.0. The molecule has 0 aromatic carbocycles. The van der Waals surface area contributed by atoms with E-state index in [0.29, 0.717) is 29.3 Å². The number of hydrogen-bond donors (Lipinski definition) is 1. The summed E-state index contributed by atoms with van der Waals surface area (Å²) in [5.41, 5.74) is -0.496. The van der Waals surface area contributed by atoms with Crippen molar-refractivity contribution in [2.75, 3.05) is 39.3 Å². The van der Waals surface area contributed by atoms with Crippen LogP contribution in [0.5, 0.6) is 0 Å². The van der Waals surface area contributed by atoms with Gasteiger partial charge in [0.2, 0.25) is 15.9 Å². The summed E-state index contributed by atoms with van der Waals surface area (Å²) in [4.78, 5) is 33.3. The Morgan fingerprint density at radius 1 is 1.24 bits per heavy atom. The molecule has 11 heteroatoms. The summed E-state index contributed by atoms with van der Waals surface area (Å²) in [5, 5.41) is 2.93. The lowest BCUT2D eigenvalue weighted by molar-refractivity contribution is -0.121. The number of rotatable bonds is 10. The minimum atomic E-state index is -3.86. The highest BCUT2D eigenvalue weighted by atomic mass is 32.2. The van der Waals surface area contributed by atoms with Crippen LogP contribution in [-0.4, -0.2) is 72.3 Å². The van der Waals surface area contributed by atoms with Gasteiger partial charge in [-0.15, -0.1) is 11.3 Å². The van der Waals surface area contributed by atoms with E-state index in [1.165, 1.54) is 26.5 Å². The average molecular weight is 512 g/mol. The lowest BCUT2D eigenvalue weighted by Gasteiger charge is -2.34. The molecule has 34 heavy (non-hydrogen) atoms. The summed E-state index contributed by atoms with van der Waals surface area (Å²) < 4.78 is 29.9. The molecule has 1 aliphatic rings. The number of carbonyl (C=O) groups excluding carboxylic acids is 1. The minimum absolute atomic E-state index is 0.0419. The molecule has 0 unspecified atom stereocenters. The van der Waals surface area contributed by atoms with Gasteiger partial charge in [-0.25, -0.2) is 13.4 Å². The molecule has 3 heterocycles. The van der Waals surface area contributed by atoms with Gasteiger partial charge in [0.15, 0.2) is 0 Å². The summed E-state index contributed by atoms with van der Waals surface area (Å²) in [5.74, 6) is 0.214. The second kappa shape index (κ2) is 11.3. The van der Waals surface area contributed by atoms with Crippen LogP contribution in [0.4, 0.5) is 0 Å². The van der Waals surface area contributed by atoms with Gasteiger partial charge in [0.05, 0.1) is 11.7 Å². The first-order valence-corrected chi connectivity index (χ1v) is 14.3. The molecule has 1 fully saturated rings. The van der Waals surface area contributed by atoms with Crippen LogP contribution < -0.4 is 10.9 Å². The van der Waals surface area contributed by atoms with E-state index in [0.717, 1.165) is 32.5 Å². The smallest absolute Gasteiger partial charge is 0.263 e. The largest absolute Gasteiger partial charge is 0.354 e. The number of amides is 1. The lowest BCUT2D eigenvalue weighted by Crippen LogP contribution is -2.43. The van der Waals surface area contributed by atoms with Crippen molar-refractivity contribution in [3.63, 3.8) is 0 Å². The van der Waals surface area contributed by atoms with E-state index in [9.17, 15) is 18.0 Å². The van der Waals surface area contributed by atoms with Crippen molar-refractivity contribution < 1.29 is 13.2 Å². The second-order valence-electron chi connectivity index (χ2n) is 9.34. The maximum absolute atomic E-state index is 13.6. The molecule has 0 saturated carbocycles. The van der Waals surface area contributed by atoms with Crippen molar-refractivity contribution in [1.82, 2.24) is 24.1 Å². The van der Waals surface area contributed by atoms with Crippen molar-refractivity contribution in [2.24, 2.45) is 11.8 Å². The summed E-state index contributed by atoms with van der Waals surface area (Å²) in [6, 6.07) is 0. The topological polar surface area (TPSA) is 105 Å². The van der Waals surface area contributed by atoms with Crippen LogP contribution in [0.25, 0.3) is 10.2 Å². The zero-order valence-corrected chi connectivity index (χ0v) is 22.5. The van der Waals surface area contributed by atoms with Crippen LogP contribution in [0.3, 0.4) is 0 Å². The van der Waals surface area contributed by atoms with Crippen LogP contribution in [0, 0.1) is 18.8 Å². The summed E-state index contributed by atoms with van der Waals surface area (Å²) in [6.45, 7) is 14.0. The van der Waals surface area contributed by atoms with Gasteiger partial charge in [-0.3, -0.25) is 14.2 Å². The normalized spacial score (nSPS) is 19.7. The van der Waals surface area contributed by atoms with Gasteiger partial charge in [0.25, 0.3) is 5.56 Å². The van der Waals surface area contributed by atoms with Crippen LogP contribution in [0.2, 0.25) is 0 Å². The molecule has 0 radical (unpaired) electrons. The maximum Gasteiger partial charge on any atom is 0.263 e. The van der Waals surface area contributed by atoms with Crippen molar-refractivity contribution in [2.45, 2.75) is 58.9 Å². The Bertz CT molecular complexity index is 1160. The fourth-order valence-electron chi connectivity index (χ4n) is 4.75. The quantitative estimate of drug-likeness (QED) is 0.491. The van der Waals surface area contributed by atoms with E-state index in [2.05, 4.69) is 29.0 Å². The van der Waals surface area contributed by atoms with Gasteiger partial charge in [-0.05, 0) is 51.2 Å². The molecule has 9 nitrogen and oxygen atoms in total. The predicted octanol–water partition coefficient (Wildman–Crippen LogP) is 2.28. The van der Waals surface area contributed by atoms with E-state index in [-0.39, 0.29) is 34.6 Å². The van der Waals surface area contributed by atoms with E-state index >= 15 is 0 Å². The first-order valence-electron chi connectivity index (χ1n) is 12.1. The van der Waals surface area contributed by atoms with Gasteiger partial charge < -0.3 is 10.2 Å². The Labute approximate surface area is 206 Å². The number of carbonyl (C=O) groups is 1. The fourth-order valence-corrected chi connectivity index (χ4v) is 8.09. The molecule has 0 aliphatic carbocycles. The highest BCUT2D eigenvalue weighted by molar-refractivity contribution is 7.89. The van der Waals surface area contributed by atoms with Crippen LogP contribution in [0.15, 0.2) is 16.0 Å². The number of fused-ring (bicyclic) bond motifs is 1. The van der Waals surface area contributed by atoms with Crippen molar-refractivity contribution in [1.29, 1.82) is 0 Å². The van der Waals surface area contributed by atoms with Crippen LogP contribution in [0.1, 0.15) is 45.4 Å². The first-order chi connectivity index (χ1) is 16.1. The van der Waals surface area contributed by atoms with E-state index < -0.39 is 15.6 Å². The third-order valence-electron chi connectivity index (χ3n) is 6.41. The van der Waals surface area contributed by atoms with Crippen LogP contribution >= 0.6 is 11.3 Å². The molecule has 2 aromatic rings. The first kappa shape index (κ1) is 26.8. The Kier molecular flexibility index (Phi) is 8.88. The number of nitrogens with zero attached hydrogens (tertiary/aromatic N) is 4. The number of piperidine rings is 1. The molecule has 190 valence electrons. The van der Waals surface area contributed by atoms with E-state index in [4.69, 9.17) is 0 Å². The molecule has 0 bridgehead atoms. The number of aryl methyl sites for hydroxylation is 1. The zero-order valence-electron chi connectivity index (χ0n) is 20.8. The monoisotopic (exact) mass is 511 g/mol. The SMILES string of the molecule is CCN(CC)CCCNC(=O)Cn1cnc2sc(C)c(S(=O)(=O)N3C[C@H](C)C[C@H](C)C3)c2c1=O. The average Bonchev–Trinajstić information content (AvgIpc) is 3.12. The standard InChI is InChI=1S/C23H37N5O4S2/c1-6-26(7-2)10-8-9-24-19(29)14-27-15-25-22-20(23(27)30)21(18(5)33-22)34(31,32)28-12-16(3)11-17(4)13-28/h15-17H,6-14H2,1-5H3,(H,24,29)/t16-,17+. The molecule has 0 spiro atoms. The number of nitrogens with one attached hydrogen (secondary N) is 1. The molecular weight excluding hydrogens is 474 g/mol.